The molecular weight excluding hydrogens is 300 g/mol. The first-order chi connectivity index (χ1) is 11.6. The molecule has 2 atom stereocenters. The van der Waals surface area contributed by atoms with E-state index in [1.165, 1.54) is 38.9 Å². The summed E-state index contributed by atoms with van der Waals surface area (Å²) in [6.07, 6.45) is 3.57. The summed E-state index contributed by atoms with van der Waals surface area (Å²) in [6, 6.07) is 6.15. The molecule has 2 heterocycles. The molecule has 3 rings (SSSR count). The molecule has 0 aliphatic carbocycles. The number of aryl methyl sites for hydroxylation is 2. The molecular formula is C20H32N2O2. The topological polar surface area (TPSA) is 35.9 Å². The van der Waals surface area contributed by atoms with Gasteiger partial charge in [0, 0.05) is 19.6 Å². The van der Waals surface area contributed by atoms with Crippen LogP contribution in [0.3, 0.4) is 0 Å². The molecule has 1 aromatic carbocycles. The van der Waals surface area contributed by atoms with Gasteiger partial charge in [0.15, 0.2) is 0 Å². The lowest BCUT2D eigenvalue weighted by Crippen LogP contribution is -2.35. The Labute approximate surface area is 146 Å². The van der Waals surface area contributed by atoms with Gasteiger partial charge in [0.1, 0.15) is 18.5 Å². The number of hydrogen-bond donors (Lipinski definition) is 1. The Balaban J connectivity index is 1.40. The van der Waals surface area contributed by atoms with E-state index in [2.05, 4.69) is 35.8 Å². The summed E-state index contributed by atoms with van der Waals surface area (Å²) in [5.41, 5.74) is 2.27. The SMILES string of the molecule is Cc1cccc(C)c1OCC(O)CN1CCC(CN2CCCC2)C1. The summed E-state index contributed by atoms with van der Waals surface area (Å²) in [6.45, 7) is 11.2. The van der Waals surface area contributed by atoms with Gasteiger partial charge in [0.05, 0.1) is 0 Å². The molecule has 4 heteroatoms. The molecule has 0 radical (unpaired) electrons. The zero-order chi connectivity index (χ0) is 16.9. The third-order valence-electron chi connectivity index (χ3n) is 5.38. The first-order valence-corrected chi connectivity index (χ1v) is 9.43. The highest BCUT2D eigenvalue weighted by molar-refractivity contribution is 5.39. The number of rotatable bonds is 7. The number of aliphatic hydroxyl groups excluding tert-OH is 1. The van der Waals surface area contributed by atoms with Gasteiger partial charge in [-0.3, -0.25) is 0 Å². The van der Waals surface area contributed by atoms with Gasteiger partial charge in [0.2, 0.25) is 0 Å². The third kappa shape index (κ3) is 4.71. The van der Waals surface area contributed by atoms with E-state index in [0.717, 1.165) is 42.4 Å². The van der Waals surface area contributed by atoms with Crippen LogP contribution in [0.4, 0.5) is 0 Å². The molecule has 2 aliphatic heterocycles. The molecule has 0 spiro atoms. The van der Waals surface area contributed by atoms with Crippen molar-refractivity contribution in [2.75, 3.05) is 45.9 Å². The fourth-order valence-corrected chi connectivity index (χ4v) is 4.12. The fourth-order valence-electron chi connectivity index (χ4n) is 4.12. The summed E-state index contributed by atoms with van der Waals surface area (Å²) in [4.78, 5) is 5.01. The Morgan fingerprint density at radius 1 is 1.12 bits per heavy atom. The number of para-hydroxylation sites is 1. The number of aliphatic hydroxyl groups is 1. The van der Waals surface area contributed by atoms with Crippen LogP contribution in [0.2, 0.25) is 0 Å². The second-order valence-corrected chi connectivity index (χ2v) is 7.61. The van der Waals surface area contributed by atoms with Crippen molar-refractivity contribution in [3.63, 3.8) is 0 Å². The molecule has 0 saturated carbocycles. The van der Waals surface area contributed by atoms with Crippen molar-refractivity contribution < 1.29 is 9.84 Å². The Kier molecular flexibility index (Phi) is 6.14. The molecule has 0 bridgehead atoms. The van der Waals surface area contributed by atoms with E-state index in [1.807, 2.05) is 6.07 Å². The average molecular weight is 332 g/mol. The van der Waals surface area contributed by atoms with Crippen molar-refractivity contribution in [1.29, 1.82) is 0 Å². The molecule has 2 fully saturated rings. The van der Waals surface area contributed by atoms with Crippen LogP contribution in [0.1, 0.15) is 30.4 Å². The zero-order valence-corrected chi connectivity index (χ0v) is 15.2. The van der Waals surface area contributed by atoms with E-state index in [0.29, 0.717) is 6.61 Å². The molecule has 24 heavy (non-hydrogen) atoms. The zero-order valence-electron chi connectivity index (χ0n) is 15.2. The van der Waals surface area contributed by atoms with Crippen LogP contribution in [0, 0.1) is 19.8 Å². The van der Waals surface area contributed by atoms with Gasteiger partial charge in [-0.05, 0) is 69.8 Å². The summed E-state index contributed by atoms with van der Waals surface area (Å²) in [5.74, 6) is 1.69. The highest BCUT2D eigenvalue weighted by Crippen LogP contribution is 2.23. The Morgan fingerprint density at radius 3 is 2.54 bits per heavy atom. The molecule has 1 aromatic rings. The molecule has 0 amide bonds. The standard InChI is InChI=1S/C20H32N2O2/c1-16-6-5-7-17(2)20(16)24-15-19(23)14-22-11-8-18(13-22)12-21-9-3-4-10-21/h5-7,18-19,23H,3-4,8-15H2,1-2H3. The lowest BCUT2D eigenvalue weighted by Gasteiger charge is -2.22. The number of hydrogen-bond acceptors (Lipinski definition) is 4. The first-order valence-electron chi connectivity index (χ1n) is 9.43. The predicted octanol–water partition coefficient (Wildman–Crippen LogP) is 2.46. The van der Waals surface area contributed by atoms with Crippen molar-refractivity contribution >= 4 is 0 Å². The second kappa shape index (κ2) is 8.32. The highest BCUT2D eigenvalue weighted by atomic mass is 16.5. The normalized spacial score (nSPS) is 23.7. The van der Waals surface area contributed by atoms with Gasteiger partial charge in [-0.15, -0.1) is 0 Å². The maximum Gasteiger partial charge on any atom is 0.125 e. The van der Waals surface area contributed by atoms with Crippen LogP contribution in [-0.4, -0.2) is 66.9 Å². The summed E-state index contributed by atoms with van der Waals surface area (Å²) >= 11 is 0. The second-order valence-electron chi connectivity index (χ2n) is 7.61. The number of likely N-dealkylation sites (tertiary alicyclic amines) is 2. The van der Waals surface area contributed by atoms with E-state index in [4.69, 9.17) is 4.74 Å². The van der Waals surface area contributed by atoms with Crippen LogP contribution >= 0.6 is 0 Å². The van der Waals surface area contributed by atoms with E-state index in [1.54, 1.807) is 0 Å². The fraction of sp³-hybridized carbons (Fsp3) is 0.700. The van der Waals surface area contributed by atoms with Crippen molar-refractivity contribution in [1.82, 2.24) is 9.80 Å². The van der Waals surface area contributed by atoms with Crippen molar-refractivity contribution in [3.8, 4) is 5.75 Å². The lowest BCUT2D eigenvalue weighted by molar-refractivity contribution is 0.0736. The van der Waals surface area contributed by atoms with Gasteiger partial charge >= 0.3 is 0 Å². The van der Waals surface area contributed by atoms with Crippen LogP contribution < -0.4 is 4.74 Å². The first kappa shape index (κ1) is 17.7. The Hall–Kier alpha value is -1.10. The van der Waals surface area contributed by atoms with Crippen molar-refractivity contribution in [3.05, 3.63) is 29.3 Å². The van der Waals surface area contributed by atoms with Crippen LogP contribution in [0.15, 0.2) is 18.2 Å². The monoisotopic (exact) mass is 332 g/mol. The molecule has 2 aliphatic rings. The maximum absolute atomic E-state index is 10.3. The molecule has 2 saturated heterocycles. The minimum atomic E-state index is -0.422. The highest BCUT2D eigenvalue weighted by Gasteiger charge is 2.26. The number of nitrogens with zero attached hydrogens (tertiary/aromatic N) is 2. The number of β-amino-alcohol motifs (C(OH)–C–C–N with tert-alkyl or cyclic N) is 1. The molecule has 4 nitrogen and oxygen atoms in total. The van der Waals surface area contributed by atoms with E-state index in [9.17, 15) is 5.11 Å². The molecule has 0 aromatic heterocycles. The van der Waals surface area contributed by atoms with Crippen molar-refractivity contribution in [2.24, 2.45) is 5.92 Å². The largest absolute Gasteiger partial charge is 0.490 e. The summed E-state index contributed by atoms with van der Waals surface area (Å²) < 4.78 is 5.89. The van der Waals surface area contributed by atoms with Crippen LogP contribution in [0.5, 0.6) is 5.75 Å². The molecule has 1 N–H and O–H groups in total. The van der Waals surface area contributed by atoms with Gasteiger partial charge in [-0.2, -0.15) is 0 Å². The van der Waals surface area contributed by atoms with E-state index in [-0.39, 0.29) is 0 Å². The smallest absolute Gasteiger partial charge is 0.125 e. The van der Waals surface area contributed by atoms with Crippen LogP contribution in [0.25, 0.3) is 0 Å². The van der Waals surface area contributed by atoms with Gasteiger partial charge in [-0.25, -0.2) is 0 Å². The minimum absolute atomic E-state index is 0.374. The maximum atomic E-state index is 10.3. The number of benzene rings is 1. The molecule has 134 valence electrons. The van der Waals surface area contributed by atoms with Crippen molar-refractivity contribution in [2.45, 2.75) is 39.2 Å². The molecule has 2 unspecified atom stereocenters. The Morgan fingerprint density at radius 2 is 1.83 bits per heavy atom. The third-order valence-corrected chi connectivity index (χ3v) is 5.38. The number of ether oxygens (including phenoxy) is 1. The van der Waals surface area contributed by atoms with E-state index >= 15 is 0 Å². The lowest BCUT2D eigenvalue weighted by atomic mass is 10.1. The van der Waals surface area contributed by atoms with Gasteiger partial charge < -0.3 is 19.6 Å². The van der Waals surface area contributed by atoms with E-state index < -0.39 is 6.10 Å². The predicted molar refractivity (Wildman–Crippen MR) is 97.6 cm³/mol. The summed E-state index contributed by atoms with van der Waals surface area (Å²) in [7, 11) is 0. The Bertz CT molecular complexity index is 508. The summed E-state index contributed by atoms with van der Waals surface area (Å²) in [5, 5.41) is 10.3. The van der Waals surface area contributed by atoms with Crippen LogP contribution in [-0.2, 0) is 0 Å². The quantitative estimate of drug-likeness (QED) is 0.832. The minimum Gasteiger partial charge on any atom is -0.490 e. The van der Waals surface area contributed by atoms with Gasteiger partial charge in [-0.1, -0.05) is 18.2 Å². The van der Waals surface area contributed by atoms with Gasteiger partial charge in [0.25, 0.3) is 0 Å². The average Bonchev–Trinajstić information content (AvgIpc) is 3.19.